The largest absolute Gasteiger partial charge is 0.273 e. The zero-order valence-corrected chi connectivity index (χ0v) is 19.9. The van der Waals surface area contributed by atoms with E-state index in [2.05, 4.69) is 21.7 Å². The summed E-state index contributed by atoms with van der Waals surface area (Å²) in [4.78, 5) is 47.9. The van der Waals surface area contributed by atoms with Crippen molar-refractivity contribution >= 4 is 23.6 Å². The topological polar surface area (TPSA) is 116 Å². The fourth-order valence-corrected chi connectivity index (χ4v) is 3.45. The summed E-state index contributed by atoms with van der Waals surface area (Å²) in [7, 11) is 0. The first-order valence-electron chi connectivity index (χ1n) is 11.7. The van der Waals surface area contributed by atoms with Crippen molar-refractivity contribution in [1.29, 1.82) is 0 Å². The Kier molecular flexibility index (Phi) is 11.3. The van der Waals surface area contributed by atoms with E-state index in [4.69, 9.17) is 0 Å². The zero-order chi connectivity index (χ0) is 24.8. The van der Waals surface area contributed by atoms with Crippen LogP contribution in [0.25, 0.3) is 0 Å². The lowest BCUT2D eigenvalue weighted by molar-refractivity contribution is -0.122. The number of aryl methyl sites for hydroxylation is 2. The van der Waals surface area contributed by atoms with Gasteiger partial charge in [-0.15, -0.1) is 0 Å². The summed E-state index contributed by atoms with van der Waals surface area (Å²) < 4.78 is 0. The minimum absolute atomic E-state index is 0.216. The van der Waals surface area contributed by atoms with Crippen molar-refractivity contribution in [1.82, 2.24) is 21.7 Å². The smallest absolute Gasteiger partial charge is 0.269 e. The van der Waals surface area contributed by atoms with Gasteiger partial charge >= 0.3 is 0 Å². The second-order valence-electron chi connectivity index (χ2n) is 8.26. The molecule has 4 amide bonds. The second-order valence-corrected chi connectivity index (χ2v) is 8.26. The SMILES string of the molecule is Cc1ccccc1C(=O)NNC(=O)CCCCCCCCC(=O)NNC(=O)c1ccccc1C. The third-order valence-corrected chi connectivity index (χ3v) is 5.47. The summed E-state index contributed by atoms with van der Waals surface area (Å²) in [5.41, 5.74) is 12.6. The van der Waals surface area contributed by atoms with Crippen molar-refractivity contribution in [2.75, 3.05) is 0 Å². The van der Waals surface area contributed by atoms with Crippen molar-refractivity contribution in [2.45, 2.75) is 65.2 Å². The molecule has 0 radical (unpaired) electrons. The van der Waals surface area contributed by atoms with Crippen LogP contribution in [0.2, 0.25) is 0 Å². The number of unbranched alkanes of at least 4 members (excludes halogenated alkanes) is 5. The van der Waals surface area contributed by atoms with E-state index >= 15 is 0 Å². The van der Waals surface area contributed by atoms with Crippen LogP contribution in [0.1, 0.15) is 83.2 Å². The van der Waals surface area contributed by atoms with Gasteiger partial charge in [0, 0.05) is 24.0 Å². The van der Waals surface area contributed by atoms with E-state index in [-0.39, 0.29) is 23.6 Å². The van der Waals surface area contributed by atoms with Gasteiger partial charge < -0.3 is 0 Å². The molecule has 2 rings (SSSR count). The van der Waals surface area contributed by atoms with Crippen LogP contribution in [0.5, 0.6) is 0 Å². The van der Waals surface area contributed by atoms with E-state index in [9.17, 15) is 19.2 Å². The number of hydrazine groups is 2. The van der Waals surface area contributed by atoms with Crippen LogP contribution >= 0.6 is 0 Å². The summed E-state index contributed by atoms with van der Waals surface area (Å²) in [5.74, 6) is -1.09. The minimum Gasteiger partial charge on any atom is -0.273 e. The second kappa shape index (κ2) is 14.5. The maximum atomic E-state index is 12.1. The summed E-state index contributed by atoms with van der Waals surface area (Å²) in [6, 6.07) is 14.4. The van der Waals surface area contributed by atoms with Crippen LogP contribution in [0.15, 0.2) is 48.5 Å². The highest BCUT2D eigenvalue weighted by Crippen LogP contribution is 2.09. The monoisotopic (exact) mass is 466 g/mol. The van der Waals surface area contributed by atoms with Crippen LogP contribution in [0.4, 0.5) is 0 Å². The molecule has 0 aliphatic rings. The number of hydrogen-bond donors (Lipinski definition) is 4. The van der Waals surface area contributed by atoms with Crippen molar-refractivity contribution in [3.05, 3.63) is 70.8 Å². The Labute approximate surface area is 200 Å². The summed E-state index contributed by atoms with van der Waals surface area (Å²) in [6.45, 7) is 3.68. The van der Waals surface area contributed by atoms with E-state index in [1.807, 2.05) is 38.1 Å². The molecule has 4 N–H and O–H groups in total. The maximum Gasteiger partial charge on any atom is 0.269 e. The molecular weight excluding hydrogens is 432 g/mol. The maximum absolute atomic E-state index is 12.1. The van der Waals surface area contributed by atoms with Gasteiger partial charge in [-0.1, -0.05) is 62.1 Å². The van der Waals surface area contributed by atoms with Gasteiger partial charge in [0.1, 0.15) is 0 Å². The van der Waals surface area contributed by atoms with Crippen molar-refractivity contribution in [3.63, 3.8) is 0 Å². The molecule has 34 heavy (non-hydrogen) atoms. The number of amides is 4. The first-order valence-corrected chi connectivity index (χ1v) is 11.7. The fraction of sp³-hybridized carbons (Fsp3) is 0.385. The molecule has 2 aromatic carbocycles. The van der Waals surface area contributed by atoms with Crippen molar-refractivity contribution in [3.8, 4) is 0 Å². The Hall–Kier alpha value is -3.68. The lowest BCUT2D eigenvalue weighted by atomic mass is 10.1. The first kappa shape index (κ1) is 26.6. The van der Waals surface area contributed by atoms with Crippen molar-refractivity contribution < 1.29 is 19.2 Å². The molecule has 8 heteroatoms. The molecule has 0 unspecified atom stereocenters. The Balaban J connectivity index is 1.46. The van der Waals surface area contributed by atoms with Crippen LogP contribution < -0.4 is 21.7 Å². The molecule has 0 atom stereocenters. The van der Waals surface area contributed by atoms with Gasteiger partial charge in [0.2, 0.25) is 11.8 Å². The Morgan fingerprint density at radius 3 is 1.26 bits per heavy atom. The van der Waals surface area contributed by atoms with Gasteiger partial charge in [-0.2, -0.15) is 0 Å². The summed E-state index contributed by atoms with van der Waals surface area (Å²) >= 11 is 0. The molecular formula is C26H34N4O4. The van der Waals surface area contributed by atoms with Crippen LogP contribution in [-0.4, -0.2) is 23.6 Å². The number of benzene rings is 2. The highest BCUT2D eigenvalue weighted by molar-refractivity contribution is 5.97. The highest BCUT2D eigenvalue weighted by atomic mass is 16.2. The van der Waals surface area contributed by atoms with Gasteiger partial charge in [-0.3, -0.25) is 40.9 Å². The lowest BCUT2D eigenvalue weighted by Gasteiger charge is -2.09. The van der Waals surface area contributed by atoms with E-state index < -0.39 is 0 Å². The predicted octanol–water partition coefficient (Wildman–Crippen LogP) is 3.65. The third kappa shape index (κ3) is 9.44. The van der Waals surface area contributed by atoms with E-state index in [0.717, 1.165) is 49.7 Å². The molecule has 0 aliphatic heterocycles. The molecule has 0 bridgehead atoms. The van der Waals surface area contributed by atoms with Crippen LogP contribution in [0.3, 0.4) is 0 Å². The normalized spacial score (nSPS) is 10.3. The third-order valence-electron chi connectivity index (χ3n) is 5.47. The fourth-order valence-electron chi connectivity index (χ4n) is 3.45. The predicted molar refractivity (Wildman–Crippen MR) is 131 cm³/mol. The molecule has 0 aromatic heterocycles. The van der Waals surface area contributed by atoms with Gasteiger partial charge in [-0.05, 0) is 49.9 Å². The molecule has 0 heterocycles. The van der Waals surface area contributed by atoms with Gasteiger partial charge in [0.15, 0.2) is 0 Å². The summed E-state index contributed by atoms with van der Waals surface area (Å²) in [5, 5.41) is 0. The molecule has 0 aliphatic carbocycles. The molecule has 182 valence electrons. The minimum atomic E-state index is -0.328. The number of hydrogen-bond acceptors (Lipinski definition) is 4. The number of carbonyl (C=O) groups is 4. The molecule has 0 fully saturated rings. The summed E-state index contributed by atoms with van der Waals surface area (Å²) in [6.07, 6.45) is 5.89. The zero-order valence-electron chi connectivity index (χ0n) is 19.9. The van der Waals surface area contributed by atoms with E-state index in [1.165, 1.54) is 0 Å². The van der Waals surface area contributed by atoms with Crippen molar-refractivity contribution in [2.24, 2.45) is 0 Å². The highest BCUT2D eigenvalue weighted by Gasteiger charge is 2.10. The standard InChI is InChI=1S/C26H34N4O4/c1-19-13-9-11-15-21(19)25(33)29-27-23(31)17-7-5-3-4-6-8-18-24(32)28-30-26(34)22-16-12-10-14-20(22)2/h9-16H,3-8,17-18H2,1-2H3,(H,27,31)(H,28,32)(H,29,33)(H,30,34). The first-order chi connectivity index (χ1) is 16.4. The van der Waals surface area contributed by atoms with E-state index in [1.54, 1.807) is 24.3 Å². The Morgan fingerprint density at radius 2 is 0.882 bits per heavy atom. The van der Waals surface area contributed by atoms with Gasteiger partial charge in [0.25, 0.3) is 11.8 Å². The molecule has 0 saturated heterocycles. The van der Waals surface area contributed by atoms with Gasteiger partial charge in [0.05, 0.1) is 0 Å². The van der Waals surface area contributed by atoms with Crippen LogP contribution in [0, 0.1) is 13.8 Å². The number of carbonyl (C=O) groups excluding carboxylic acids is 4. The number of nitrogens with one attached hydrogen (secondary N) is 4. The van der Waals surface area contributed by atoms with Gasteiger partial charge in [-0.25, -0.2) is 0 Å². The molecule has 2 aromatic rings. The van der Waals surface area contributed by atoms with E-state index in [0.29, 0.717) is 24.0 Å². The lowest BCUT2D eigenvalue weighted by Crippen LogP contribution is -2.41. The average Bonchev–Trinajstić information content (AvgIpc) is 2.83. The van der Waals surface area contributed by atoms with Crippen LogP contribution in [-0.2, 0) is 9.59 Å². The number of rotatable bonds is 11. The average molecular weight is 467 g/mol. The quantitative estimate of drug-likeness (QED) is 0.299. The Morgan fingerprint density at radius 1 is 0.529 bits per heavy atom. The molecule has 8 nitrogen and oxygen atoms in total. The molecule has 0 spiro atoms. The molecule has 0 saturated carbocycles. The Bertz CT molecular complexity index is 911.